The van der Waals surface area contributed by atoms with Crippen molar-refractivity contribution in [1.29, 1.82) is 0 Å². The van der Waals surface area contributed by atoms with Gasteiger partial charge in [-0.25, -0.2) is 9.97 Å². The molecule has 0 aliphatic carbocycles. The molecule has 3 aromatic heterocycles. The van der Waals surface area contributed by atoms with Gasteiger partial charge in [0, 0.05) is 45.6 Å². The van der Waals surface area contributed by atoms with E-state index < -0.39 is 21.9 Å². The zero-order chi connectivity index (χ0) is 22.7. The highest BCUT2D eigenvalue weighted by Crippen LogP contribution is 2.26. The summed E-state index contributed by atoms with van der Waals surface area (Å²) < 4.78 is 33.6. The van der Waals surface area contributed by atoms with Gasteiger partial charge in [0.25, 0.3) is 11.5 Å². The largest absolute Gasteiger partial charge is 0.592 e. The highest BCUT2D eigenvalue weighted by molar-refractivity contribution is 7.97. The number of rotatable bonds is 7. The maximum absolute atomic E-state index is 13.2. The average molecular weight is 478 g/mol. The van der Waals surface area contributed by atoms with Crippen LogP contribution in [0.3, 0.4) is 0 Å². The topological polar surface area (TPSA) is 121 Å². The second-order valence-corrected chi connectivity index (χ2v) is 10.4. The number of fused-ring (bicyclic) bond motifs is 1. The minimum absolute atomic E-state index is 0.156. The quantitative estimate of drug-likeness (QED) is 0.371. The molecule has 4 rings (SSSR count). The number of hydrogen-bond acceptors (Lipinski definition) is 8. The maximum Gasteiger partial charge on any atom is 0.283 e. The zero-order valence-electron chi connectivity index (χ0n) is 17.5. The van der Waals surface area contributed by atoms with E-state index in [1.165, 1.54) is 13.8 Å². The molecule has 1 aliphatic heterocycles. The van der Waals surface area contributed by atoms with Gasteiger partial charge in [0.15, 0.2) is 21.7 Å². The van der Waals surface area contributed by atoms with E-state index in [1.807, 2.05) is 0 Å². The standard InChI is InChI=1S/C20H23N5O5S2/c1-30-13-4-8-25-18-15(5-2-7-21-18)22-17(20(25)27)19(26)23-9-11-24(12-10-23)32(28,29)16-6-3-14-31-16/h2-3,5-7,14H,4,8-13H2,1H3. The van der Waals surface area contributed by atoms with Crippen LogP contribution >= 0.6 is 11.3 Å². The van der Waals surface area contributed by atoms with Gasteiger partial charge in [-0.15, -0.1) is 4.31 Å². The fourth-order valence-corrected chi connectivity index (χ4v) is 6.18. The van der Waals surface area contributed by atoms with Crippen molar-refractivity contribution in [2.45, 2.75) is 17.2 Å². The molecule has 1 atom stereocenters. The fourth-order valence-electron chi connectivity index (χ4n) is 3.61. The van der Waals surface area contributed by atoms with Crippen molar-refractivity contribution >= 4 is 38.8 Å². The van der Waals surface area contributed by atoms with E-state index in [0.717, 1.165) is 11.3 Å². The Morgan fingerprint density at radius 1 is 1.25 bits per heavy atom. The Hall–Kier alpha value is -2.51. The van der Waals surface area contributed by atoms with Gasteiger partial charge >= 0.3 is 0 Å². The van der Waals surface area contributed by atoms with Gasteiger partial charge in [-0.2, -0.15) is 0 Å². The normalized spacial score (nSPS) is 16.9. The number of amides is 1. The second-order valence-electron chi connectivity index (χ2n) is 7.24. The molecular weight excluding hydrogens is 454 g/mol. The van der Waals surface area contributed by atoms with Crippen molar-refractivity contribution in [2.24, 2.45) is 0 Å². The Balaban J connectivity index is 1.56. The number of nitrogens with zero attached hydrogens (tertiary/aromatic N) is 5. The molecule has 1 saturated heterocycles. The van der Waals surface area contributed by atoms with E-state index in [2.05, 4.69) is 9.97 Å². The van der Waals surface area contributed by atoms with Crippen molar-refractivity contribution in [2.75, 3.05) is 39.9 Å². The van der Waals surface area contributed by atoms with Crippen molar-refractivity contribution in [3.05, 3.63) is 51.9 Å². The number of aromatic nitrogens is 3. The van der Waals surface area contributed by atoms with Crippen molar-refractivity contribution in [3.63, 3.8) is 0 Å². The molecule has 4 heterocycles. The van der Waals surface area contributed by atoms with Gasteiger partial charge in [-0.1, -0.05) is 15.5 Å². The molecule has 10 nitrogen and oxygen atoms in total. The van der Waals surface area contributed by atoms with Crippen LogP contribution in [0.25, 0.3) is 11.2 Å². The molecule has 32 heavy (non-hydrogen) atoms. The first-order chi connectivity index (χ1) is 15.4. The molecule has 0 bridgehead atoms. The summed E-state index contributed by atoms with van der Waals surface area (Å²) in [6.45, 7) is 1.48. The molecule has 3 aromatic rings. The average Bonchev–Trinajstić information content (AvgIpc) is 3.36. The first-order valence-electron chi connectivity index (χ1n) is 10.1. The first-order valence-corrected chi connectivity index (χ1v) is 12.4. The van der Waals surface area contributed by atoms with Crippen molar-refractivity contribution in [1.82, 2.24) is 23.7 Å². The van der Waals surface area contributed by atoms with E-state index in [-0.39, 0.29) is 36.1 Å². The second kappa shape index (κ2) is 9.55. The molecule has 0 radical (unpaired) electrons. The Kier molecular flexibility index (Phi) is 6.76. The minimum Gasteiger partial charge on any atom is -0.592 e. The molecular formula is C20H23N5O5S2. The molecule has 0 aromatic carbocycles. The lowest BCUT2D eigenvalue weighted by atomic mass is 10.3. The summed E-state index contributed by atoms with van der Waals surface area (Å²) in [6, 6.07) is 6.66. The third kappa shape index (κ3) is 4.36. The number of ether oxygens (including phenoxy) is 1. The van der Waals surface area contributed by atoms with Crippen LogP contribution in [0.15, 0.2) is 44.8 Å². The summed E-state index contributed by atoms with van der Waals surface area (Å²) in [4.78, 5) is 36.3. The van der Waals surface area contributed by atoms with Crippen molar-refractivity contribution in [3.8, 4) is 0 Å². The molecule has 1 unspecified atom stereocenters. The Morgan fingerprint density at radius 3 is 2.72 bits per heavy atom. The van der Waals surface area contributed by atoms with Crippen LogP contribution in [0.2, 0.25) is 0 Å². The first kappa shape index (κ1) is 22.7. The lowest BCUT2D eigenvalue weighted by Crippen LogP contribution is -2.53. The van der Waals surface area contributed by atoms with E-state index in [9.17, 15) is 18.4 Å². The number of carbonyl (C=O) groups is 1. The number of methoxy groups -OCH3 is 1. The van der Waals surface area contributed by atoms with Gasteiger partial charge in [-0.05, 0) is 30.0 Å². The van der Waals surface area contributed by atoms with Crippen LogP contribution in [0, 0.1) is 0 Å². The zero-order valence-corrected chi connectivity index (χ0v) is 19.1. The van der Waals surface area contributed by atoms with Crippen LogP contribution in [0.4, 0.5) is 0 Å². The van der Waals surface area contributed by atoms with Crippen molar-refractivity contribution < 1.29 is 18.3 Å². The number of carbonyl (C=O) groups excluding carboxylic acids is 1. The Bertz CT molecular complexity index is 1200. The van der Waals surface area contributed by atoms with Crippen LogP contribution < -0.4 is 5.56 Å². The number of piperazine rings is 1. The lowest BCUT2D eigenvalue weighted by molar-refractivity contribution is 0.0685. The summed E-state index contributed by atoms with van der Waals surface area (Å²) >= 11 is 1.16. The molecule has 1 fully saturated rings. The third-order valence-corrected chi connectivity index (χ3v) is 8.52. The van der Waals surface area contributed by atoms with Gasteiger partial charge in [0.1, 0.15) is 5.52 Å². The maximum atomic E-state index is 13.2. The van der Waals surface area contributed by atoms with Gasteiger partial charge in [0.05, 0.1) is 13.1 Å². The predicted molar refractivity (Wildman–Crippen MR) is 119 cm³/mol. The van der Waals surface area contributed by atoms with Gasteiger partial charge < -0.3 is 14.2 Å². The van der Waals surface area contributed by atoms with E-state index >= 15 is 0 Å². The monoisotopic (exact) mass is 477 g/mol. The number of pyridine rings is 1. The summed E-state index contributed by atoms with van der Waals surface area (Å²) in [5.74, 6) is -0.505. The number of hydrogen-bond donors (Lipinski definition) is 0. The van der Waals surface area contributed by atoms with Crippen LogP contribution in [-0.2, 0) is 25.9 Å². The van der Waals surface area contributed by atoms with Gasteiger partial charge in [0.2, 0.25) is 4.21 Å². The van der Waals surface area contributed by atoms with E-state index in [0.29, 0.717) is 30.7 Å². The molecule has 0 spiro atoms. The van der Waals surface area contributed by atoms with E-state index in [1.54, 1.807) is 43.0 Å². The predicted octanol–water partition coefficient (Wildman–Crippen LogP) is 1.25. The molecule has 0 N–H and O–H groups in total. The van der Waals surface area contributed by atoms with E-state index in [4.69, 9.17) is 4.74 Å². The number of thiophene rings is 1. The highest BCUT2D eigenvalue weighted by Gasteiger charge is 2.36. The SMILES string of the molecule is COCCCn1c(=O)c(C(=O)N2CCN([S+](=O)([O-])c3cccs3)CC2)nc2cccnc21. The fraction of sp³-hybridized carbons (Fsp3) is 0.400. The Labute approximate surface area is 189 Å². The van der Waals surface area contributed by atoms with Gasteiger partial charge in [-0.3, -0.25) is 14.2 Å². The summed E-state index contributed by atoms with van der Waals surface area (Å²) in [6.07, 6.45) is 2.16. The smallest absolute Gasteiger partial charge is 0.283 e. The third-order valence-electron chi connectivity index (χ3n) is 5.25. The molecule has 1 aliphatic rings. The Morgan fingerprint density at radius 2 is 2.03 bits per heavy atom. The minimum atomic E-state index is -3.58. The highest BCUT2D eigenvalue weighted by atomic mass is 32.3. The summed E-state index contributed by atoms with van der Waals surface area (Å²) in [7, 11) is -1.99. The molecule has 1 amide bonds. The number of sulfonamides is 1. The molecule has 170 valence electrons. The molecule has 12 heteroatoms. The number of aryl methyl sites for hydroxylation is 1. The lowest BCUT2D eigenvalue weighted by Gasteiger charge is -2.35. The van der Waals surface area contributed by atoms with Crippen LogP contribution in [0.1, 0.15) is 16.9 Å². The molecule has 0 saturated carbocycles. The summed E-state index contributed by atoms with van der Waals surface area (Å²) in [5, 5.41) is 1.71. The summed E-state index contributed by atoms with van der Waals surface area (Å²) in [5.41, 5.74) is 0.173. The van der Waals surface area contributed by atoms with Crippen LogP contribution in [0.5, 0.6) is 0 Å². The van der Waals surface area contributed by atoms with Crippen LogP contribution in [-0.4, -0.2) is 74.1 Å².